The molecule has 0 unspecified atom stereocenters. The lowest BCUT2D eigenvalue weighted by Crippen LogP contribution is -2.43. The summed E-state index contributed by atoms with van der Waals surface area (Å²) in [6.07, 6.45) is 2.10. The lowest BCUT2D eigenvalue weighted by molar-refractivity contribution is -0.126. The molecule has 3 aromatic carbocycles. The highest BCUT2D eigenvalue weighted by Gasteiger charge is 2.63. The highest BCUT2D eigenvalue weighted by molar-refractivity contribution is 6.24. The molecule has 3 N–H and O–H groups in total. The van der Waals surface area contributed by atoms with E-state index in [9.17, 15) is 44.1 Å². The van der Waals surface area contributed by atoms with Crippen LogP contribution < -0.4 is 19.3 Å². The number of phenolic OH excluding ortho intramolecular Hbond substituents is 1. The number of hydrogen-bond acceptors (Lipinski definition) is 9. The fraction of sp³-hybridized carbons (Fsp3) is 0.278. The van der Waals surface area contributed by atoms with Crippen LogP contribution in [0.5, 0.6) is 17.2 Å². The van der Waals surface area contributed by atoms with Gasteiger partial charge in [-0.1, -0.05) is 11.6 Å². The Morgan fingerprint density at radius 2 is 1.14 bits per heavy atom. The normalized spacial score (nSPS) is 25.8. The van der Waals surface area contributed by atoms with Gasteiger partial charge in [-0.05, 0) is 67.3 Å². The van der Waals surface area contributed by atoms with Crippen LogP contribution in [0.3, 0.4) is 0 Å². The highest BCUT2D eigenvalue weighted by atomic mass is 16.5. The molecule has 2 heterocycles. The third-order valence-corrected chi connectivity index (χ3v) is 10.2. The number of aromatic hydroxyl groups is 1. The van der Waals surface area contributed by atoms with E-state index >= 15 is 0 Å². The van der Waals surface area contributed by atoms with Crippen LogP contribution in [0.2, 0.25) is 0 Å². The predicted octanol–water partition coefficient (Wildman–Crippen LogP) is 3.85. The van der Waals surface area contributed by atoms with Crippen LogP contribution >= 0.6 is 0 Å². The summed E-state index contributed by atoms with van der Waals surface area (Å²) in [7, 11) is 2.79. The molecule has 250 valence electrons. The predicted molar refractivity (Wildman–Crippen MR) is 171 cm³/mol. The fourth-order valence-electron chi connectivity index (χ4n) is 8.16. The smallest absolute Gasteiger partial charge is 0.335 e. The molecule has 0 aromatic heterocycles. The molecule has 1 saturated carbocycles. The van der Waals surface area contributed by atoms with Crippen molar-refractivity contribution in [3.8, 4) is 17.2 Å². The second-order valence-electron chi connectivity index (χ2n) is 12.5. The number of methoxy groups -OCH3 is 2. The van der Waals surface area contributed by atoms with Crippen LogP contribution in [0.15, 0.2) is 72.3 Å². The molecule has 3 fully saturated rings. The number of anilines is 2. The van der Waals surface area contributed by atoms with Gasteiger partial charge in [-0.3, -0.25) is 29.0 Å². The molecule has 3 aromatic rings. The van der Waals surface area contributed by atoms with Gasteiger partial charge in [-0.15, -0.1) is 0 Å². The third-order valence-electron chi connectivity index (χ3n) is 10.2. The van der Waals surface area contributed by atoms with Crippen molar-refractivity contribution in [3.63, 3.8) is 0 Å². The molecule has 2 aliphatic carbocycles. The number of benzene rings is 3. The molecular formula is C36H30N2O11. The Bertz CT molecular complexity index is 1960. The molecule has 0 spiro atoms. The number of fused-ring (bicyclic) bond motifs is 4. The van der Waals surface area contributed by atoms with E-state index in [0.29, 0.717) is 11.1 Å². The summed E-state index contributed by atoms with van der Waals surface area (Å²) in [5.74, 6) is -9.15. The van der Waals surface area contributed by atoms with Crippen molar-refractivity contribution in [1.82, 2.24) is 0 Å². The largest absolute Gasteiger partial charge is 0.508 e. The number of phenols is 1. The molecule has 2 aliphatic heterocycles. The summed E-state index contributed by atoms with van der Waals surface area (Å²) in [6.45, 7) is 0. The second-order valence-corrected chi connectivity index (χ2v) is 12.5. The maximum absolute atomic E-state index is 14.4. The molecule has 0 bridgehead atoms. The minimum atomic E-state index is -1.17. The van der Waals surface area contributed by atoms with Gasteiger partial charge in [0.05, 0.1) is 60.4 Å². The van der Waals surface area contributed by atoms with Gasteiger partial charge in [-0.2, -0.15) is 0 Å². The number of rotatable bonds is 7. The van der Waals surface area contributed by atoms with Crippen LogP contribution in [-0.4, -0.2) is 65.1 Å². The van der Waals surface area contributed by atoms with Crippen LogP contribution in [0.1, 0.15) is 45.0 Å². The molecule has 4 aliphatic rings. The summed E-state index contributed by atoms with van der Waals surface area (Å²) < 4.78 is 11.4. The summed E-state index contributed by atoms with van der Waals surface area (Å²) in [6, 6.07) is 13.6. The topological polar surface area (TPSA) is 188 Å². The molecule has 2 saturated heterocycles. The minimum Gasteiger partial charge on any atom is -0.508 e. The minimum absolute atomic E-state index is 0.00580. The Kier molecular flexibility index (Phi) is 7.49. The zero-order valence-corrected chi connectivity index (χ0v) is 26.2. The first-order chi connectivity index (χ1) is 23.5. The van der Waals surface area contributed by atoms with Crippen molar-refractivity contribution < 1.29 is 53.6 Å². The first kappa shape index (κ1) is 31.6. The number of imide groups is 2. The number of ether oxygens (including phenoxy) is 2. The van der Waals surface area contributed by atoms with Crippen LogP contribution in [0, 0.1) is 29.6 Å². The van der Waals surface area contributed by atoms with E-state index < -0.39 is 71.1 Å². The number of carboxylic acid groups (broad SMARTS) is 2. The van der Waals surface area contributed by atoms with Gasteiger partial charge < -0.3 is 24.8 Å². The molecule has 13 heteroatoms. The highest BCUT2D eigenvalue weighted by Crippen LogP contribution is 2.61. The van der Waals surface area contributed by atoms with E-state index in [0.717, 1.165) is 9.80 Å². The number of allylic oxidation sites excluding steroid dienone is 2. The van der Waals surface area contributed by atoms with Gasteiger partial charge >= 0.3 is 11.9 Å². The maximum atomic E-state index is 14.4. The molecule has 7 rings (SSSR count). The molecule has 4 amide bonds. The molecule has 49 heavy (non-hydrogen) atoms. The second kappa shape index (κ2) is 11.6. The van der Waals surface area contributed by atoms with Gasteiger partial charge in [-0.25, -0.2) is 9.59 Å². The first-order valence-electron chi connectivity index (χ1n) is 15.5. The van der Waals surface area contributed by atoms with Crippen molar-refractivity contribution in [2.75, 3.05) is 24.0 Å². The quantitative estimate of drug-likeness (QED) is 0.245. The Morgan fingerprint density at radius 1 is 0.673 bits per heavy atom. The van der Waals surface area contributed by atoms with Crippen molar-refractivity contribution in [2.45, 2.75) is 18.8 Å². The Hall–Kier alpha value is -5.98. The lowest BCUT2D eigenvalue weighted by Gasteiger charge is -2.44. The zero-order valence-electron chi connectivity index (χ0n) is 26.2. The monoisotopic (exact) mass is 666 g/mol. The number of carboxylic acids is 2. The molecule has 13 nitrogen and oxygen atoms in total. The van der Waals surface area contributed by atoms with E-state index in [1.165, 1.54) is 74.9 Å². The maximum Gasteiger partial charge on any atom is 0.335 e. The average molecular weight is 667 g/mol. The number of amides is 4. The first-order valence-corrected chi connectivity index (χ1v) is 15.5. The number of hydrogen-bond donors (Lipinski definition) is 3. The average Bonchev–Trinajstić information content (AvgIpc) is 3.50. The molecule has 0 radical (unpaired) electrons. The van der Waals surface area contributed by atoms with E-state index in [2.05, 4.69) is 0 Å². The zero-order chi connectivity index (χ0) is 34.9. The van der Waals surface area contributed by atoms with Crippen LogP contribution in [0.4, 0.5) is 11.4 Å². The number of carbonyl (C=O) groups is 6. The van der Waals surface area contributed by atoms with Crippen LogP contribution in [-0.2, 0) is 19.2 Å². The van der Waals surface area contributed by atoms with Crippen molar-refractivity contribution in [1.29, 1.82) is 0 Å². The van der Waals surface area contributed by atoms with E-state index in [1.54, 1.807) is 0 Å². The van der Waals surface area contributed by atoms with Gasteiger partial charge in [0.2, 0.25) is 23.6 Å². The van der Waals surface area contributed by atoms with Crippen molar-refractivity contribution in [3.05, 3.63) is 89.0 Å². The Labute approximate surface area is 279 Å². The van der Waals surface area contributed by atoms with Crippen molar-refractivity contribution in [2.24, 2.45) is 29.6 Å². The number of nitrogens with zero attached hydrogens (tertiary/aromatic N) is 2. The standard InChI is InChI=1S/C36H30N2O11/c1-48-25-13-20(39)14-26(49-2)30(25)28-21-11-12-22-27(33(42)37(31(22)40)18-7-3-16(4-8-18)35(44)45)23(21)15-24-29(28)34(43)38(32(24)41)19-9-5-17(6-10-19)36(46)47/h3-11,13-14,22-24,27-29,39H,12,15H2,1-2H3,(H,44,45)(H,46,47)/t22-,23+,24+,27-,28-,29+/m0/s1. The third kappa shape index (κ3) is 4.75. The summed E-state index contributed by atoms with van der Waals surface area (Å²) in [5.41, 5.74) is 1.45. The summed E-state index contributed by atoms with van der Waals surface area (Å²) in [5, 5.41) is 29.2. The van der Waals surface area contributed by atoms with E-state index in [4.69, 9.17) is 9.47 Å². The molecule has 6 atom stereocenters. The Balaban J connectivity index is 1.35. The summed E-state index contributed by atoms with van der Waals surface area (Å²) >= 11 is 0. The number of carbonyl (C=O) groups excluding carboxylic acids is 4. The van der Waals surface area contributed by atoms with Crippen LogP contribution in [0.25, 0.3) is 0 Å². The van der Waals surface area contributed by atoms with Gasteiger partial charge in [0, 0.05) is 23.6 Å². The number of aromatic carboxylic acids is 2. The van der Waals surface area contributed by atoms with E-state index in [-0.39, 0.29) is 52.6 Å². The van der Waals surface area contributed by atoms with E-state index in [1.807, 2.05) is 6.08 Å². The summed E-state index contributed by atoms with van der Waals surface area (Å²) in [4.78, 5) is 81.7. The van der Waals surface area contributed by atoms with Gasteiger partial charge in [0.15, 0.2) is 0 Å². The van der Waals surface area contributed by atoms with Gasteiger partial charge in [0.25, 0.3) is 0 Å². The fourth-order valence-corrected chi connectivity index (χ4v) is 8.16. The van der Waals surface area contributed by atoms with Crippen molar-refractivity contribution >= 4 is 46.9 Å². The lowest BCUT2D eigenvalue weighted by atomic mass is 9.57. The molecular weight excluding hydrogens is 636 g/mol. The SMILES string of the molecule is COc1cc(O)cc(OC)c1[C@H]1C2=CC[C@@H]3C(=O)N(c4ccc(C(=O)O)cc4)C(=O)[C@@H]3[C@@H]2C[C@H]2C(=O)N(c3ccc(C(=O)O)cc3)C(=O)[C@@H]12. The van der Waals surface area contributed by atoms with Gasteiger partial charge in [0.1, 0.15) is 17.2 Å². The Morgan fingerprint density at radius 3 is 1.61 bits per heavy atom.